The first kappa shape index (κ1) is 21.7. The number of rotatable bonds is 4. The fourth-order valence-electron chi connectivity index (χ4n) is 6.31. The van der Waals surface area contributed by atoms with Gasteiger partial charge in [0, 0.05) is 36.4 Å². The van der Waals surface area contributed by atoms with Crippen molar-refractivity contribution in [1.29, 1.82) is 0 Å². The van der Waals surface area contributed by atoms with Crippen molar-refractivity contribution >= 4 is 0 Å². The first-order chi connectivity index (χ1) is 15.3. The van der Waals surface area contributed by atoms with Crippen LogP contribution in [0.15, 0.2) is 42.5 Å². The highest BCUT2D eigenvalue weighted by molar-refractivity contribution is 5.56. The Balaban J connectivity index is 1.59. The fourth-order valence-corrected chi connectivity index (χ4v) is 6.31. The zero-order valence-electron chi connectivity index (χ0n) is 19.1. The Morgan fingerprint density at radius 3 is 2.53 bits per heavy atom. The van der Waals surface area contributed by atoms with Crippen LogP contribution in [0.1, 0.15) is 42.9 Å². The summed E-state index contributed by atoms with van der Waals surface area (Å²) in [5, 5.41) is 23.7. The van der Waals surface area contributed by atoms with Crippen LogP contribution >= 0.6 is 0 Å². The van der Waals surface area contributed by atoms with Crippen LogP contribution in [0.4, 0.5) is 0 Å². The van der Waals surface area contributed by atoms with E-state index in [1.54, 1.807) is 0 Å². The van der Waals surface area contributed by atoms with Gasteiger partial charge in [-0.3, -0.25) is 4.90 Å². The Bertz CT molecular complexity index is 989. The van der Waals surface area contributed by atoms with Crippen LogP contribution in [-0.4, -0.2) is 59.3 Å². The number of aliphatic hydroxyl groups is 1. The molecule has 2 saturated heterocycles. The number of benzene rings is 2. The second kappa shape index (κ2) is 7.73. The molecule has 6 nitrogen and oxygen atoms in total. The number of phenolic OH excluding ortho intramolecular Hbond substituents is 1. The molecule has 1 unspecified atom stereocenters. The standard InChI is InChI=1S/C26H33NO5/c1-18-9-10-21(30-15-20-7-5-4-6-8-20)23(28)22(18)24-16-25(31-13-14-32-25)11-12-26(24,29)19(2)27(3)17-24/h4-10,19,28-29H,11-17H2,1-3H3/t19-,24?,26-/m1/s1. The van der Waals surface area contributed by atoms with E-state index < -0.39 is 16.8 Å². The Hall–Kier alpha value is -2.12. The van der Waals surface area contributed by atoms with Gasteiger partial charge >= 0.3 is 0 Å². The third-order valence-electron chi connectivity index (χ3n) is 8.04. The van der Waals surface area contributed by atoms with Gasteiger partial charge in [0.15, 0.2) is 17.3 Å². The lowest BCUT2D eigenvalue weighted by Gasteiger charge is -2.52. The average molecular weight is 440 g/mol. The molecule has 2 N–H and O–H groups in total. The summed E-state index contributed by atoms with van der Waals surface area (Å²) in [5.41, 5.74) is 0.972. The van der Waals surface area contributed by atoms with Crippen LogP contribution in [0.5, 0.6) is 11.5 Å². The van der Waals surface area contributed by atoms with Gasteiger partial charge in [-0.1, -0.05) is 36.4 Å². The normalized spacial score (nSPS) is 31.7. The summed E-state index contributed by atoms with van der Waals surface area (Å²) >= 11 is 0. The highest BCUT2D eigenvalue weighted by Gasteiger charge is 2.68. The van der Waals surface area contributed by atoms with Gasteiger partial charge in [-0.15, -0.1) is 0 Å². The van der Waals surface area contributed by atoms with Crippen molar-refractivity contribution < 1.29 is 24.4 Å². The topological polar surface area (TPSA) is 71.4 Å². The van der Waals surface area contributed by atoms with Crippen molar-refractivity contribution in [3.8, 4) is 11.5 Å². The number of likely N-dealkylation sites (tertiary alicyclic amines) is 1. The van der Waals surface area contributed by atoms with Gasteiger partial charge in [0.25, 0.3) is 0 Å². The molecule has 0 amide bonds. The molecule has 0 bridgehead atoms. The number of ether oxygens (including phenoxy) is 3. The maximum Gasteiger partial charge on any atom is 0.169 e. The molecule has 3 aliphatic rings. The minimum atomic E-state index is -1.01. The predicted molar refractivity (Wildman–Crippen MR) is 121 cm³/mol. The lowest BCUT2D eigenvalue weighted by atomic mass is 9.57. The number of likely N-dealkylation sites (N-methyl/N-ethyl adjacent to an activating group) is 1. The van der Waals surface area contributed by atoms with Crippen LogP contribution in [0.3, 0.4) is 0 Å². The number of aryl methyl sites for hydroxylation is 1. The summed E-state index contributed by atoms with van der Waals surface area (Å²) in [5.74, 6) is -0.171. The van der Waals surface area contributed by atoms with Gasteiger partial charge in [0.2, 0.25) is 0 Å². The van der Waals surface area contributed by atoms with Crippen molar-refractivity contribution in [2.24, 2.45) is 0 Å². The number of aromatic hydroxyl groups is 1. The Morgan fingerprint density at radius 2 is 1.81 bits per heavy atom. The monoisotopic (exact) mass is 439 g/mol. The van der Waals surface area contributed by atoms with Crippen LogP contribution in [0.2, 0.25) is 0 Å². The number of hydrogen-bond donors (Lipinski definition) is 2. The van der Waals surface area contributed by atoms with Gasteiger partial charge in [-0.25, -0.2) is 0 Å². The zero-order valence-corrected chi connectivity index (χ0v) is 19.1. The minimum absolute atomic E-state index is 0.0612. The van der Waals surface area contributed by atoms with E-state index in [2.05, 4.69) is 11.8 Å². The summed E-state index contributed by atoms with van der Waals surface area (Å²) in [7, 11) is 2.04. The summed E-state index contributed by atoms with van der Waals surface area (Å²) in [6, 6.07) is 13.6. The predicted octanol–water partition coefficient (Wildman–Crippen LogP) is 3.51. The molecule has 1 spiro atoms. The van der Waals surface area contributed by atoms with E-state index in [1.807, 2.05) is 56.4 Å². The summed E-state index contributed by atoms with van der Waals surface area (Å²) < 4.78 is 18.3. The third-order valence-corrected chi connectivity index (χ3v) is 8.04. The van der Waals surface area contributed by atoms with Crippen molar-refractivity contribution in [1.82, 2.24) is 4.90 Å². The van der Waals surface area contributed by atoms with Crippen molar-refractivity contribution in [2.75, 3.05) is 26.8 Å². The van der Waals surface area contributed by atoms with Gasteiger partial charge in [0.1, 0.15) is 6.61 Å². The first-order valence-corrected chi connectivity index (χ1v) is 11.5. The van der Waals surface area contributed by atoms with Crippen molar-refractivity contribution in [3.05, 3.63) is 59.2 Å². The molecule has 0 aromatic heterocycles. The highest BCUT2D eigenvalue weighted by atomic mass is 16.7. The second-order valence-corrected chi connectivity index (χ2v) is 9.76. The molecule has 0 radical (unpaired) electrons. The van der Waals surface area contributed by atoms with E-state index >= 15 is 0 Å². The number of hydrogen-bond acceptors (Lipinski definition) is 6. The third kappa shape index (κ3) is 3.16. The number of fused-ring (bicyclic) bond motifs is 1. The van der Waals surface area contributed by atoms with Crippen LogP contribution < -0.4 is 4.74 Å². The van der Waals surface area contributed by atoms with Gasteiger partial charge in [0.05, 0.1) is 18.8 Å². The van der Waals surface area contributed by atoms with Crippen LogP contribution in [0, 0.1) is 6.92 Å². The van der Waals surface area contributed by atoms with E-state index in [1.165, 1.54) is 0 Å². The first-order valence-electron chi connectivity index (χ1n) is 11.5. The Morgan fingerprint density at radius 1 is 1.09 bits per heavy atom. The summed E-state index contributed by atoms with van der Waals surface area (Å²) in [6.45, 7) is 6.15. The molecule has 172 valence electrons. The fraction of sp³-hybridized carbons (Fsp3) is 0.538. The van der Waals surface area contributed by atoms with Crippen molar-refractivity contribution in [3.63, 3.8) is 0 Å². The van der Waals surface area contributed by atoms with Crippen LogP contribution in [-0.2, 0) is 21.5 Å². The smallest absolute Gasteiger partial charge is 0.169 e. The molecule has 2 aromatic carbocycles. The van der Waals surface area contributed by atoms with Crippen molar-refractivity contribution in [2.45, 2.75) is 62.6 Å². The van der Waals surface area contributed by atoms with Gasteiger partial charge in [-0.2, -0.15) is 0 Å². The maximum atomic E-state index is 12.1. The molecule has 2 aromatic rings. The highest BCUT2D eigenvalue weighted by Crippen LogP contribution is 2.60. The molecular formula is C26H33NO5. The molecule has 3 fully saturated rings. The molecule has 2 aliphatic heterocycles. The summed E-state index contributed by atoms with van der Waals surface area (Å²) in [6.07, 6.45) is 1.70. The van der Waals surface area contributed by atoms with E-state index in [4.69, 9.17) is 14.2 Å². The SMILES string of the molecule is Cc1ccc(OCc2ccccc2)c(O)c1C12CN(C)[C@H](C)[C@]1(O)CCC1(C2)OCCO1. The molecular weight excluding hydrogens is 406 g/mol. The van der Waals surface area contributed by atoms with Gasteiger partial charge in [-0.05, 0) is 44.5 Å². The van der Waals surface area contributed by atoms with E-state index in [-0.39, 0.29) is 11.8 Å². The average Bonchev–Trinajstić information content (AvgIpc) is 3.31. The second-order valence-electron chi connectivity index (χ2n) is 9.76. The largest absolute Gasteiger partial charge is 0.504 e. The molecule has 32 heavy (non-hydrogen) atoms. The lowest BCUT2D eigenvalue weighted by molar-refractivity contribution is -0.224. The molecule has 1 aliphatic carbocycles. The number of nitrogens with zero attached hydrogens (tertiary/aromatic N) is 1. The van der Waals surface area contributed by atoms with E-state index in [0.717, 1.165) is 16.7 Å². The van der Waals surface area contributed by atoms with E-state index in [0.29, 0.717) is 51.4 Å². The number of phenols is 1. The Kier molecular flexibility index (Phi) is 5.25. The minimum Gasteiger partial charge on any atom is -0.504 e. The van der Waals surface area contributed by atoms with Gasteiger partial charge < -0.3 is 24.4 Å². The Labute approximate surface area is 189 Å². The van der Waals surface area contributed by atoms with E-state index in [9.17, 15) is 10.2 Å². The molecule has 3 atom stereocenters. The quantitative estimate of drug-likeness (QED) is 0.760. The molecule has 2 heterocycles. The molecule has 5 rings (SSSR count). The summed E-state index contributed by atoms with van der Waals surface area (Å²) in [4.78, 5) is 2.18. The maximum absolute atomic E-state index is 12.1. The lowest BCUT2D eigenvalue weighted by Crippen LogP contribution is -2.62. The molecule has 6 heteroatoms. The molecule has 1 saturated carbocycles. The van der Waals surface area contributed by atoms with Crippen LogP contribution in [0.25, 0.3) is 0 Å². The zero-order chi connectivity index (χ0) is 22.6.